The number of unbranched alkanes of at least 4 members (excludes halogenated alkanes) is 1. The van der Waals surface area contributed by atoms with Gasteiger partial charge in [-0.1, -0.05) is 61.3 Å². The van der Waals surface area contributed by atoms with E-state index in [0.29, 0.717) is 0 Å². The van der Waals surface area contributed by atoms with Crippen molar-refractivity contribution in [1.29, 1.82) is 0 Å². The quantitative estimate of drug-likeness (QED) is 0.348. The molecule has 0 aliphatic carbocycles. The highest BCUT2D eigenvalue weighted by Crippen LogP contribution is 2.42. The van der Waals surface area contributed by atoms with Crippen LogP contribution < -0.4 is 0 Å². The molecule has 0 bridgehead atoms. The van der Waals surface area contributed by atoms with Crippen molar-refractivity contribution < 1.29 is 4.39 Å². The van der Waals surface area contributed by atoms with Gasteiger partial charge in [-0.05, 0) is 46.9 Å². The van der Waals surface area contributed by atoms with Crippen molar-refractivity contribution in [3.63, 3.8) is 0 Å². The highest BCUT2D eigenvalue weighted by atomic mass is 35.5. The van der Waals surface area contributed by atoms with E-state index in [1.165, 1.54) is 12.1 Å². The molecule has 0 aromatic heterocycles. The summed E-state index contributed by atoms with van der Waals surface area (Å²) in [7, 11) is 0. The SMILES string of the molecule is CCCCSc1c(-c2ccc(F)cc2)cc2ccccc2c1Cl. The molecular weight excluding hydrogens is 327 g/mol. The Morgan fingerprint density at radius 3 is 2.52 bits per heavy atom. The first-order valence-electron chi connectivity index (χ1n) is 7.80. The molecule has 3 heteroatoms. The summed E-state index contributed by atoms with van der Waals surface area (Å²) in [6, 6.07) is 16.9. The lowest BCUT2D eigenvalue weighted by Gasteiger charge is -2.14. The van der Waals surface area contributed by atoms with Gasteiger partial charge in [0.25, 0.3) is 0 Å². The van der Waals surface area contributed by atoms with E-state index in [2.05, 4.69) is 25.1 Å². The maximum absolute atomic E-state index is 13.3. The van der Waals surface area contributed by atoms with E-state index in [4.69, 9.17) is 11.6 Å². The first-order valence-corrected chi connectivity index (χ1v) is 9.17. The molecule has 0 aliphatic heterocycles. The summed E-state index contributed by atoms with van der Waals surface area (Å²) in [5.41, 5.74) is 2.08. The topological polar surface area (TPSA) is 0 Å². The van der Waals surface area contributed by atoms with Crippen LogP contribution in [0.15, 0.2) is 59.5 Å². The molecule has 0 radical (unpaired) electrons. The van der Waals surface area contributed by atoms with E-state index in [1.807, 2.05) is 24.3 Å². The van der Waals surface area contributed by atoms with Crippen LogP contribution in [0.3, 0.4) is 0 Å². The average Bonchev–Trinajstić information content (AvgIpc) is 2.58. The van der Waals surface area contributed by atoms with Crippen LogP contribution in [0.5, 0.6) is 0 Å². The fourth-order valence-electron chi connectivity index (χ4n) is 2.59. The van der Waals surface area contributed by atoms with Crippen molar-refractivity contribution in [2.75, 3.05) is 5.75 Å². The molecule has 0 spiro atoms. The smallest absolute Gasteiger partial charge is 0.123 e. The monoisotopic (exact) mass is 344 g/mol. The zero-order valence-corrected chi connectivity index (χ0v) is 14.6. The molecule has 0 unspecified atom stereocenters. The molecule has 0 saturated carbocycles. The largest absolute Gasteiger partial charge is 0.207 e. The lowest BCUT2D eigenvalue weighted by atomic mass is 10.0. The van der Waals surface area contributed by atoms with Crippen molar-refractivity contribution in [2.45, 2.75) is 24.7 Å². The van der Waals surface area contributed by atoms with Crippen molar-refractivity contribution >= 4 is 34.1 Å². The predicted molar refractivity (Wildman–Crippen MR) is 100.0 cm³/mol. The summed E-state index contributed by atoms with van der Waals surface area (Å²) in [4.78, 5) is 1.09. The van der Waals surface area contributed by atoms with Gasteiger partial charge < -0.3 is 0 Å². The van der Waals surface area contributed by atoms with Crippen molar-refractivity contribution in [3.05, 3.63) is 65.4 Å². The summed E-state index contributed by atoms with van der Waals surface area (Å²) in [6.07, 6.45) is 2.31. The lowest BCUT2D eigenvalue weighted by Crippen LogP contribution is -1.89. The van der Waals surface area contributed by atoms with Crippen LogP contribution in [-0.2, 0) is 0 Å². The van der Waals surface area contributed by atoms with E-state index < -0.39 is 0 Å². The van der Waals surface area contributed by atoms with Gasteiger partial charge in [-0.25, -0.2) is 4.39 Å². The maximum atomic E-state index is 13.3. The van der Waals surface area contributed by atoms with Gasteiger partial charge in [0.2, 0.25) is 0 Å². The van der Waals surface area contributed by atoms with Crippen LogP contribution in [0.1, 0.15) is 19.8 Å². The number of benzene rings is 3. The van der Waals surface area contributed by atoms with Gasteiger partial charge in [0.1, 0.15) is 5.82 Å². The minimum Gasteiger partial charge on any atom is -0.207 e. The van der Waals surface area contributed by atoms with Crippen molar-refractivity contribution in [3.8, 4) is 11.1 Å². The molecule has 0 saturated heterocycles. The third kappa shape index (κ3) is 3.54. The van der Waals surface area contributed by atoms with Crippen LogP contribution in [-0.4, -0.2) is 5.75 Å². The fraction of sp³-hybridized carbons (Fsp3) is 0.200. The Morgan fingerprint density at radius 1 is 1.04 bits per heavy atom. The van der Waals surface area contributed by atoms with Gasteiger partial charge in [-0.15, -0.1) is 11.8 Å². The minimum atomic E-state index is -0.221. The van der Waals surface area contributed by atoms with E-state index in [9.17, 15) is 4.39 Å². The Bertz CT molecular complexity index is 812. The number of hydrogen-bond acceptors (Lipinski definition) is 1. The summed E-state index contributed by atoms with van der Waals surface area (Å²) < 4.78 is 13.3. The molecule has 0 fully saturated rings. The molecule has 0 aliphatic rings. The molecule has 3 aromatic carbocycles. The second-order valence-electron chi connectivity index (χ2n) is 5.50. The first kappa shape index (κ1) is 16.4. The van der Waals surface area contributed by atoms with Crippen molar-refractivity contribution in [2.24, 2.45) is 0 Å². The minimum absolute atomic E-state index is 0.221. The van der Waals surface area contributed by atoms with Crippen LogP contribution in [0.4, 0.5) is 4.39 Å². The highest BCUT2D eigenvalue weighted by molar-refractivity contribution is 7.99. The number of thioether (sulfide) groups is 1. The average molecular weight is 345 g/mol. The van der Waals surface area contributed by atoms with Crippen LogP contribution in [0.2, 0.25) is 5.02 Å². The van der Waals surface area contributed by atoms with Crippen LogP contribution in [0, 0.1) is 5.82 Å². The molecule has 0 N–H and O–H groups in total. The normalized spacial score (nSPS) is 11.1. The molecule has 118 valence electrons. The second-order valence-corrected chi connectivity index (χ2v) is 6.98. The molecule has 0 amide bonds. The lowest BCUT2D eigenvalue weighted by molar-refractivity contribution is 0.628. The van der Waals surface area contributed by atoms with Gasteiger partial charge in [-0.3, -0.25) is 0 Å². The van der Waals surface area contributed by atoms with Crippen LogP contribution in [0.25, 0.3) is 21.9 Å². The number of halogens is 2. The number of fused-ring (bicyclic) bond motifs is 1. The van der Waals surface area contributed by atoms with Gasteiger partial charge in [0.05, 0.1) is 5.02 Å². The molecule has 3 aromatic rings. The summed E-state index contributed by atoms with van der Waals surface area (Å²) >= 11 is 8.50. The highest BCUT2D eigenvalue weighted by Gasteiger charge is 2.14. The summed E-state index contributed by atoms with van der Waals surface area (Å²) in [6.45, 7) is 2.18. The van der Waals surface area contributed by atoms with Gasteiger partial charge in [0.15, 0.2) is 0 Å². The maximum Gasteiger partial charge on any atom is 0.123 e. The second kappa shape index (κ2) is 7.37. The third-order valence-corrected chi connectivity index (χ3v) is 5.55. The first-order chi connectivity index (χ1) is 11.2. The van der Waals surface area contributed by atoms with E-state index in [0.717, 1.165) is 50.4 Å². The molecule has 3 rings (SSSR count). The Labute approximate surface area is 145 Å². The van der Waals surface area contributed by atoms with Gasteiger partial charge in [-0.2, -0.15) is 0 Å². The molecule has 23 heavy (non-hydrogen) atoms. The molecular formula is C20H18ClFS. The van der Waals surface area contributed by atoms with E-state index >= 15 is 0 Å². The zero-order chi connectivity index (χ0) is 16.2. The Kier molecular flexibility index (Phi) is 5.24. The van der Waals surface area contributed by atoms with Crippen LogP contribution >= 0.6 is 23.4 Å². The van der Waals surface area contributed by atoms with Crippen molar-refractivity contribution in [1.82, 2.24) is 0 Å². The third-order valence-electron chi connectivity index (χ3n) is 3.84. The van der Waals surface area contributed by atoms with Gasteiger partial charge >= 0.3 is 0 Å². The standard InChI is InChI=1S/C20H18ClFS/c1-2-3-12-23-20-18(14-8-10-16(22)11-9-14)13-15-6-4-5-7-17(15)19(20)21/h4-11,13H,2-3,12H2,1H3. The molecule has 0 heterocycles. The van der Waals surface area contributed by atoms with E-state index in [1.54, 1.807) is 11.8 Å². The van der Waals surface area contributed by atoms with E-state index in [-0.39, 0.29) is 5.82 Å². The van der Waals surface area contributed by atoms with Gasteiger partial charge in [0, 0.05) is 10.3 Å². The summed E-state index contributed by atoms with van der Waals surface area (Å²) in [5, 5.41) is 2.97. The number of hydrogen-bond donors (Lipinski definition) is 0. The number of rotatable bonds is 5. The Balaban J connectivity index is 2.16. The zero-order valence-electron chi connectivity index (χ0n) is 13.0. The molecule has 0 atom stereocenters. The summed E-state index contributed by atoms with van der Waals surface area (Å²) in [5.74, 6) is 0.809. The Hall–Kier alpha value is -1.51. The predicted octanol–water partition coefficient (Wildman–Crippen LogP) is 7.19. The fourth-order valence-corrected chi connectivity index (χ4v) is 4.23. The Morgan fingerprint density at radius 2 is 1.78 bits per heavy atom. The molecule has 0 nitrogen and oxygen atoms in total.